The molecule has 3 unspecified atom stereocenters. The van der Waals surface area contributed by atoms with Gasteiger partial charge in [-0.25, -0.2) is 0 Å². The van der Waals surface area contributed by atoms with Crippen molar-refractivity contribution >= 4 is 5.91 Å². The number of carbonyl (C=O) groups excluding carboxylic acids is 1. The molecule has 0 rings (SSSR count). The molecule has 0 aliphatic carbocycles. The number of rotatable bonds is 53. The van der Waals surface area contributed by atoms with Crippen LogP contribution in [0.2, 0.25) is 0 Å². The van der Waals surface area contributed by atoms with Crippen LogP contribution in [-0.4, -0.2) is 46.1 Å². The minimum atomic E-state index is -1.17. The number of amides is 1. The zero-order chi connectivity index (χ0) is 46.5. The summed E-state index contributed by atoms with van der Waals surface area (Å²) in [5.74, 6) is -0.154. The summed E-state index contributed by atoms with van der Waals surface area (Å²) in [6.07, 6.45) is 70.2. The number of nitrogens with one attached hydrogen (secondary N) is 1. The summed E-state index contributed by atoms with van der Waals surface area (Å²) >= 11 is 0. The quantitative estimate of drug-likeness (QED) is 0.0362. The number of hydrogen-bond donors (Lipinski definition) is 4. The van der Waals surface area contributed by atoms with Crippen LogP contribution in [0.5, 0.6) is 0 Å². The lowest BCUT2D eigenvalue weighted by Crippen LogP contribution is -2.50. The fraction of sp³-hybridized carbons (Fsp3) is 0.881. The van der Waals surface area contributed by atoms with Crippen molar-refractivity contribution in [3.05, 3.63) is 36.5 Å². The normalized spacial score (nSPS) is 13.5. The van der Waals surface area contributed by atoms with Crippen molar-refractivity contribution in [2.24, 2.45) is 0 Å². The zero-order valence-electron chi connectivity index (χ0n) is 43.2. The molecule has 4 N–H and O–H groups in total. The molecular weight excluding hydrogens is 787 g/mol. The van der Waals surface area contributed by atoms with Crippen LogP contribution in [0.1, 0.15) is 309 Å². The molecule has 3 atom stereocenters. The number of aliphatic hydroxyl groups excluding tert-OH is 3. The van der Waals surface area contributed by atoms with E-state index in [9.17, 15) is 20.1 Å². The topological polar surface area (TPSA) is 89.8 Å². The third kappa shape index (κ3) is 48.5. The van der Waals surface area contributed by atoms with Gasteiger partial charge in [-0.15, -0.1) is 0 Å². The van der Waals surface area contributed by atoms with Crippen LogP contribution in [0, 0.1) is 0 Å². The predicted molar refractivity (Wildman–Crippen MR) is 282 cm³/mol. The second kappa shape index (κ2) is 54.2. The van der Waals surface area contributed by atoms with Gasteiger partial charge in [-0.3, -0.25) is 4.79 Å². The maximum absolute atomic E-state index is 12.5. The van der Waals surface area contributed by atoms with Gasteiger partial charge in [0, 0.05) is 6.42 Å². The molecule has 0 aromatic heterocycles. The Hall–Kier alpha value is -1.43. The number of hydrogen-bond acceptors (Lipinski definition) is 4. The molecular formula is C59H113NO4. The van der Waals surface area contributed by atoms with Crippen molar-refractivity contribution in [1.29, 1.82) is 0 Å². The van der Waals surface area contributed by atoms with Gasteiger partial charge in [0.05, 0.1) is 18.8 Å². The highest BCUT2D eigenvalue weighted by atomic mass is 16.3. The molecule has 0 fully saturated rings. The Balaban J connectivity index is 3.55. The second-order valence-electron chi connectivity index (χ2n) is 19.8. The Kier molecular flexibility index (Phi) is 53.0. The summed E-state index contributed by atoms with van der Waals surface area (Å²) in [4.78, 5) is 12.5. The molecule has 64 heavy (non-hydrogen) atoms. The Labute approximate surface area is 400 Å². The summed E-state index contributed by atoms with van der Waals surface area (Å²) in [5.41, 5.74) is 0. The molecule has 0 spiro atoms. The van der Waals surface area contributed by atoms with Crippen LogP contribution in [-0.2, 0) is 4.79 Å². The van der Waals surface area contributed by atoms with Crippen molar-refractivity contribution in [2.75, 3.05) is 6.61 Å². The van der Waals surface area contributed by atoms with Crippen LogP contribution in [0.25, 0.3) is 0 Å². The molecule has 0 aliphatic heterocycles. The molecule has 0 bridgehead atoms. The van der Waals surface area contributed by atoms with Gasteiger partial charge in [0.15, 0.2) is 0 Å². The van der Waals surface area contributed by atoms with E-state index >= 15 is 0 Å². The lowest BCUT2D eigenvalue weighted by molar-refractivity contribution is -0.124. The number of unbranched alkanes of at least 4 members (excludes halogenated alkanes) is 39. The maximum atomic E-state index is 12.5. The first-order chi connectivity index (χ1) is 31.6. The monoisotopic (exact) mass is 900 g/mol. The summed E-state index contributed by atoms with van der Waals surface area (Å²) in [6.45, 7) is 4.19. The van der Waals surface area contributed by atoms with Gasteiger partial charge in [-0.2, -0.15) is 0 Å². The average molecular weight is 901 g/mol. The van der Waals surface area contributed by atoms with E-state index < -0.39 is 18.2 Å². The maximum Gasteiger partial charge on any atom is 0.220 e. The molecule has 5 nitrogen and oxygen atoms in total. The van der Waals surface area contributed by atoms with Crippen LogP contribution in [0.15, 0.2) is 36.5 Å². The van der Waals surface area contributed by atoms with E-state index in [0.717, 1.165) is 44.9 Å². The van der Waals surface area contributed by atoms with E-state index in [1.165, 1.54) is 238 Å². The Bertz CT molecular complexity index is 993. The molecule has 378 valence electrons. The zero-order valence-corrected chi connectivity index (χ0v) is 43.2. The van der Waals surface area contributed by atoms with Gasteiger partial charge in [-0.1, -0.05) is 262 Å². The molecule has 0 aliphatic rings. The highest BCUT2D eigenvalue weighted by Gasteiger charge is 2.26. The van der Waals surface area contributed by atoms with E-state index in [-0.39, 0.29) is 12.5 Å². The van der Waals surface area contributed by atoms with Gasteiger partial charge in [0.2, 0.25) is 5.91 Å². The fourth-order valence-corrected chi connectivity index (χ4v) is 9.00. The van der Waals surface area contributed by atoms with Crippen molar-refractivity contribution in [2.45, 2.75) is 327 Å². The van der Waals surface area contributed by atoms with E-state index in [0.29, 0.717) is 12.8 Å². The van der Waals surface area contributed by atoms with Gasteiger partial charge in [-0.05, 0) is 77.0 Å². The number of carbonyl (C=O) groups is 1. The van der Waals surface area contributed by atoms with Gasteiger partial charge >= 0.3 is 0 Å². The Morgan fingerprint density at radius 3 is 0.953 bits per heavy atom. The van der Waals surface area contributed by atoms with Crippen LogP contribution >= 0.6 is 0 Å². The smallest absolute Gasteiger partial charge is 0.220 e. The second-order valence-corrected chi connectivity index (χ2v) is 19.8. The molecule has 0 aromatic carbocycles. The molecule has 0 aromatic rings. The van der Waals surface area contributed by atoms with Gasteiger partial charge in [0.1, 0.15) is 6.10 Å². The standard InChI is InChI=1S/C59H113NO4/c1-3-5-7-9-11-13-15-17-19-21-23-24-25-26-27-28-29-30-31-32-33-34-36-38-40-42-44-46-48-50-52-54-58(63)60-56(55-61)59(64)57(62)53-51-49-47-45-43-41-39-37-35-22-20-18-16-14-12-10-8-6-4-2/h26-27,37,39,45,47,56-57,59,61-62,64H,3-25,28-36,38,40-44,46,48-55H2,1-2H3,(H,60,63)/b27-26-,39-37+,47-45+. The van der Waals surface area contributed by atoms with E-state index in [1.54, 1.807) is 0 Å². The van der Waals surface area contributed by atoms with Crippen LogP contribution in [0.3, 0.4) is 0 Å². The molecule has 1 amide bonds. The van der Waals surface area contributed by atoms with Crippen molar-refractivity contribution in [3.8, 4) is 0 Å². The van der Waals surface area contributed by atoms with Gasteiger partial charge in [0.25, 0.3) is 0 Å². The first-order valence-electron chi connectivity index (χ1n) is 28.8. The van der Waals surface area contributed by atoms with Crippen molar-refractivity contribution in [3.63, 3.8) is 0 Å². The highest BCUT2D eigenvalue weighted by molar-refractivity contribution is 5.76. The molecule has 0 radical (unpaired) electrons. The Morgan fingerprint density at radius 1 is 0.375 bits per heavy atom. The third-order valence-electron chi connectivity index (χ3n) is 13.4. The minimum absolute atomic E-state index is 0.154. The van der Waals surface area contributed by atoms with Gasteiger partial charge < -0.3 is 20.6 Å². The van der Waals surface area contributed by atoms with E-state index in [4.69, 9.17) is 0 Å². The largest absolute Gasteiger partial charge is 0.394 e. The summed E-state index contributed by atoms with van der Waals surface area (Å²) in [6, 6.07) is -0.832. The lowest BCUT2D eigenvalue weighted by Gasteiger charge is -2.26. The fourth-order valence-electron chi connectivity index (χ4n) is 9.00. The average Bonchev–Trinajstić information content (AvgIpc) is 3.30. The summed E-state index contributed by atoms with van der Waals surface area (Å²) in [7, 11) is 0. The molecule has 0 saturated heterocycles. The first-order valence-corrected chi connectivity index (χ1v) is 28.8. The highest BCUT2D eigenvalue weighted by Crippen LogP contribution is 2.17. The first kappa shape index (κ1) is 62.6. The van der Waals surface area contributed by atoms with Crippen molar-refractivity contribution in [1.82, 2.24) is 5.32 Å². The predicted octanol–water partition coefficient (Wildman–Crippen LogP) is 17.8. The van der Waals surface area contributed by atoms with Crippen LogP contribution in [0.4, 0.5) is 0 Å². The number of aliphatic hydroxyl groups is 3. The van der Waals surface area contributed by atoms with Crippen molar-refractivity contribution < 1.29 is 20.1 Å². The van der Waals surface area contributed by atoms with E-state index in [2.05, 4.69) is 55.6 Å². The summed E-state index contributed by atoms with van der Waals surface area (Å²) < 4.78 is 0. The third-order valence-corrected chi connectivity index (χ3v) is 13.4. The van der Waals surface area contributed by atoms with E-state index in [1.807, 2.05) is 0 Å². The Morgan fingerprint density at radius 2 is 0.641 bits per heavy atom. The minimum Gasteiger partial charge on any atom is -0.394 e. The molecule has 0 saturated carbocycles. The summed E-state index contributed by atoms with van der Waals surface area (Å²) in [5, 5.41) is 33.7. The molecule has 0 heterocycles. The number of allylic oxidation sites excluding steroid dienone is 6. The van der Waals surface area contributed by atoms with Crippen LogP contribution < -0.4 is 5.32 Å². The lowest BCUT2D eigenvalue weighted by atomic mass is 10.0. The molecule has 5 heteroatoms. The SMILES string of the molecule is CCCCCCCCCCCC/C=C/CC/C=C/CCCC(O)C(O)C(CO)NC(=O)CCCCCCCCCCCCCCCCC/C=C\CCCCCCCCCCCCCC.